The second-order valence-corrected chi connectivity index (χ2v) is 6.09. The molecule has 3 unspecified atom stereocenters. The molecule has 1 aromatic carbocycles. The molecule has 1 aromatic rings. The average molecular weight is 304 g/mol. The predicted molar refractivity (Wildman–Crippen MR) is 73.7 cm³/mol. The zero-order valence-corrected chi connectivity index (χ0v) is 12.0. The van der Waals surface area contributed by atoms with Crippen LogP contribution < -0.4 is 0 Å². The van der Waals surface area contributed by atoms with Gasteiger partial charge in [-0.1, -0.05) is 19.1 Å². The summed E-state index contributed by atoms with van der Waals surface area (Å²) < 4.78 is 17.3. The fourth-order valence-electron chi connectivity index (χ4n) is 3.74. The fraction of sp³-hybridized carbons (Fsp3) is 0.500. The summed E-state index contributed by atoms with van der Waals surface area (Å²) in [5.41, 5.74) is -0.00414. The summed E-state index contributed by atoms with van der Waals surface area (Å²) in [6.07, 6.45) is 0.0181. The predicted octanol–water partition coefficient (Wildman–Crippen LogP) is 1.48. The SMILES string of the molecule is CC1C2C[C@@H]3O[C@H]1C(O2)[C@H]3OC(=O)c1ccccc1C(=O)O. The Labute approximate surface area is 127 Å². The molecule has 4 fully saturated rings. The van der Waals surface area contributed by atoms with Crippen molar-refractivity contribution in [1.29, 1.82) is 0 Å². The lowest BCUT2D eigenvalue weighted by Gasteiger charge is -2.32. The number of carbonyl (C=O) groups excluding carboxylic acids is 1. The summed E-state index contributed by atoms with van der Waals surface area (Å²) in [5, 5.41) is 9.16. The Balaban J connectivity index is 1.56. The summed E-state index contributed by atoms with van der Waals surface area (Å²) in [5.74, 6) is -1.49. The molecule has 0 aliphatic carbocycles. The van der Waals surface area contributed by atoms with Crippen LogP contribution >= 0.6 is 0 Å². The van der Waals surface area contributed by atoms with Gasteiger partial charge in [-0.05, 0) is 12.1 Å². The fourth-order valence-corrected chi connectivity index (χ4v) is 3.74. The van der Waals surface area contributed by atoms with E-state index in [9.17, 15) is 9.59 Å². The van der Waals surface area contributed by atoms with E-state index in [-0.39, 0.29) is 35.5 Å². The van der Waals surface area contributed by atoms with Gasteiger partial charge in [-0.15, -0.1) is 0 Å². The van der Waals surface area contributed by atoms with Gasteiger partial charge in [0.25, 0.3) is 0 Å². The molecule has 4 aliphatic heterocycles. The lowest BCUT2D eigenvalue weighted by molar-refractivity contribution is -0.118. The van der Waals surface area contributed by atoms with E-state index in [0.29, 0.717) is 12.3 Å². The van der Waals surface area contributed by atoms with E-state index in [2.05, 4.69) is 6.92 Å². The van der Waals surface area contributed by atoms with E-state index in [4.69, 9.17) is 19.3 Å². The molecule has 0 aromatic heterocycles. The minimum Gasteiger partial charge on any atom is -0.478 e. The van der Waals surface area contributed by atoms with Crippen LogP contribution in [-0.4, -0.2) is 47.6 Å². The Hall–Kier alpha value is -1.92. The minimum atomic E-state index is -1.15. The highest BCUT2D eigenvalue weighted by atomic mass is 16.6. The number of rotatable bonds is 3. The Morgan fingerprint density at radius 2 is 1.82 bits per heavy atom. The van der Waals surface area contributed by atoms with Crippen LogP contribution in [0.25, 0.3) is 0 Å². The first-order valence-corrected chi connectivity index (χ1v) is 7.40. The standard InChI is InChI=1S/C16H16O6/c1-7-10-6-11-13(14(20-10)12(7)21-11)22-16(19)9-5-3-2-4-8(9)15(17)18/h2-5,7,10-14H,6H2,1H3,(H,17,18)/t7?,10?,11-,12+,13-,14?/m0/s1. The third-order valence-corrected chi connectivity index (χ3v) is 4.87. The maximum atomic E-state index is 12.4. The normalized spacial score (nSPS) is 38.2. The number of carbonyl (C=O) groups is 2. The number of hydrogen-bond donors (Lipinski definition) is 1. The Bertz CT molecular complexity index is 637. The third-order valence-electron chi connectivity index (χ3n) is 4.87. The smallest absolute Gasteiger partial charge is 0.339 e. The minimum absolute atomic E-state index is 0.0312. The molecule has 0 spiro atoms. The van der Waals surface area contributed by atoms with Crippen LogP contribution in [0.15, 0.2) is 24.3 Å². The molecule has 6 nitrogen and oxygen atoms in total. The van der Waals surface area contributed by atoms with Crippen molar-refractivity contribution in [2.75, 3.05) is 0 Å². The molecule has 6 atom stereocenters. The average Bonchev–Trinajstić information content (AvgIpc) is 2.86. The number of carboxylic acids is 1. The molecule has 6 heteroatoms. The van der Waals surface area contributed by atoms with Gasteiger partial charge in [-0.2, -0.15) is 0 Å². The van der Waals surface area contributed by atoms with Crippen molar-refractivity contribution in [2.45, 2.75) is 43.9 Å². The summed E-state index contributed by atoms with van der Waals surface area (Å²) >= 11 is 0. The zero-order chi connectivity index (χ0) is 15.4. The highest BCUT2D eigenvalue weighted by Gasteiger charge is 2.61. The topological polar surface area (TPSA) is 82.1 Å². The summed E-state index contributed by atoms with van der Waals surface area (Å²) in [6, 6.07) is 6.04. The van der Waals surface area contributed by atoms with E-state index >= 15 is 0 Å². The molecule has 0 amide bonds. The number of benzene rings is 1. The number of ether oxygens (including phenoxy) is 3. The largest absolute Gasteiger partial charge is 0.478 e. The molecular formula is C16H16O6. The molecule has 4 saturated heterocycles. The first-order chi connectivity index (χ1) is 10.6. The summed E-state index contributed by atoms with van der Waals surface area (Å²) in [7, 11) is 0. The molecule has 5 rings (SSSR count). The van der Waals surface area contributed by atoms with Gasteiger partial charge < -0.3 is 19.3 Å². The second kappa shape index (κ2) is 4.79. The quantitative estimate of drug-likeness (QED) is 0.852. The Kier molecular flexibility index (Phi) is 2.99. The lowest BCUT2D eigenvalue weighted by atomic mass is 9.97. The number of esters is 1. The van der Waals surface area contributed by atoms with Crippen molar-refractivity contribution in [2.24, 2.45) is 5.92 Å². The van der Waals surface area contributed by atoms with Gasteiger partial charge in [-0.25, -0.2) is 9.59 Å². The van der Waals surface area contributed by atoms with Crippen molar-refractivity contribution < 1.29 is 28.9 Å². The summed E-state index contributed by atoms with van der Waals surface area (Å²) in [4.78, 5) is 23.6. The van der Waals surface area contributed by atoms with E-state index in [0.717, 1.165) is 0 Å². The van der Waals surface area contributed by atoms with Crippen molar-refractivity contribution >= 4 is 11.9 Å². The molecular weight excluding hydrogens is 288 g/mol. The molecule has 116 valence electrons. The van der Waals surface area contributed by atoms with Gasteiger partial charge in [0, 0.05) is 12.3 Å². The van der Waals surface area contributed by atoms with Crippen LogP contribution in [-0.2, 0) is 14.2 Å². The van der Waals surface area contributed by atoms with Gasteiger partial charge >= 0.3 is 11.9 Å². The zero-order valence-electron chi connectivity index (χ0n) is 12.0. The van der Waals surface area contributed by atoms with E-state index in [1.54, 1.807) is 12.1 Å². The third kappa shape index (κ3) is 1.87. The van der Waals surface area contributed by atoms with Crippen LogP contribution in [0, 0.1) is 5.92 Å². The van der Waals surface area contributed by atoms with E-state index in [1.165, 1.54) is 12.1 Å². The first kappa shape index (κ1) is 13.7. The van der Waals surface area contributed by atoms with Crippen molar-refractivity contribution in [3.8, 4) is 0 Å². The van der Waals surface area contributed by atoms with Gasteiger partial charge in [-0.3, -0.25) is 0 Å². The van der Waals surface area contributed by atoms with Gasteiger partial charge in [0.1, 0.15) is 12.2 Å². The van der Waals surface area contributed by atoms with Gasteiger partial charge in [0.05, 0.1) is 23.3 Å². The molecule has 0 saturated carbocycles. The number of hydrogen-bond acceptors (Lipinski definition) is 5. The number of carboxylic acid groups (broad SMARTS) is 1. The molecule has 4 heterocycles. The van der Waals surface area contributed by atoms with Crippen LogP contribution in [0.5, 0.6) is 0 Å². The monoisotopic (exact) mass is 304 g/mol. The number of aromatic carboxylic acids is 1. The van der Waals surface area contributed by atoms with Crippen LogP contribution in [0.1, 0.15) is 34.1 Å². The van der Waals surface area contributed by atoms with E-state index < -0.39 is 18.0 Å². The van der Waals surface area contributed by atoms with Crippen molar-refractivity contribution in [3.05, 3.63) is 35.4 Å². The van der Waals surface area contributed by atoms with Crippen LogP contribution in [0.3, 0.4) is 0 Å². The van der Waals surface area contributed by atoms with Gasteiger partial charge in [0.2, 0.25) is 0 Å². The van der Waals surface area contributed by atoms with Crippen LogP contribution in [0.4, 0.5) is 0 Å². The molecule has 0 radical (unpaired) electrons. The molecule has 1 N–H and O–H groups in total. The van der Waals surface area contributed by atoms with E-state index in [1.807, 2.05) is 0 Å². The highest BCUT2D eigenvalue weighted by Crippen LogP contribution is 2.48. The first-order valence-electron chi connectivity index (χ1n) is 7.40. The second-order valence-electron chi connectivity index (χ2n) is 6.09. The summed E-state index contributed by atoms with van der Waals surface area (Å²) in [6.45, 7) is 2.08. The van der Waals surface area contributed by atoms with Crippen molar-refractivity contribution in [3.63, 3.8) is 0 Å². The van der Waals surface area contributed by atoms with Crippen molar-refractivity contribution in [1.82, 2.24) is 0 Å². The molecule has 22 heavy (non-hydrogen) atoms. The highest BCUT2D eigenvalue weighted by molar-refractivity contribution is 6.02. The Morgan fingerprint density at radius 3 is 2.55 bits per heavy atom. The maximum absolute atomic E-state index is 12.4. The lowest BCUT2D eigenvalue weighted by Crippen LogP contribution is -2.43. The molecule has 4 aliphatic rings. The van der Waals surface area contributed by atoms with Gasteiger partial charge in [0.15, 0.2) is 6.10 Å². The van der Waals surface area contributed by atoms with Crippen LogP contribution in [0.2, 0.25) is 0 Å². The Morgan fingerprint density at radius 1 is 1.14 bits per heavy atom. The maximum Gasteiger partial charge on any atom is 0.339 e. The molecule has 4 bridgehead atoms.